The van der Waals surface area contributed by atoms with Crippen molar-refractivity contribution in [3.05, 3.63) is 87.9 Å². The Morgan fingerprint density at radius 3 is 2.49 bits per heavy atom. The van der Waals surface area contributed by atoms with Crippen molar-refractivity contribution in [1.29, 1.82) is 0 Å². The average molecular weight is 719 g/mol. The standard InChI is InChI=1S/C39H42N8O6/c1-22(2)53-33-16-29-26(15-31(33)42-36(49)30-18-41-47-19-23(3)17-40-35(30)47)20-45(39(29)52)27-9-12-44(13-10-27)11-8-24-4-5-28-25(14-24)21-46(38(28)51)32-6-7-34(48)43-37(32)50/h4-5,14-19,22,27,32H,6-13,20-21H2,1-3H3,(H,42,49)(H,43,48,50). The van der Waals surface area contributed by atoms with Crippen molar-refractivity contribution in [2.24, 2.45) is 0 Å². The highest BCUT2D eigenvalue weighted by atomic mass is 16.5. The highest BCUT2D eigenvalue weighted by Crippen LogP contribution is 2.37. The van der Waals surface area contributed by atoms with Crippen LogP contribution in [0.2, 0.25) is 0 Å². The van der Waals surface area contributed by atoms with Crippen LogP contribution in [0.15, 0.2) is 48.9 Å². The maximum absolute atomic E-state index is 13.8. The van der Waals surface area contributed by atoms with Crippen LogP contribution in [0.3, 0.4) is 0 Å². The lowest BCUT2D eigenvalue weighted by Gasteiger charge is -2.36. The normalized spacial score (nSPS) is 19.3. The molecular formula is C39H42N8O6. The second-order valence-electron chi connectivity index (χ2n) is 14.7. The molecule has 5 amide bonds. The Morgan fingerprint density at radius 1 is 0.962 bits per heavy atom. The molecule has 0 spiro atoms. The van der Waals surface area contributed by atoms with Crippen molar-refractivity contribution in [2.45, 2.75) is 84.2 Å². The maximum Gasteiger partial charge on any atom is 0.261 e. The third-order valence-electron chi connectivity index (χ3n) is 10.7. The van der Waals surface area contributed by atoms with E-state index in [1.165, 1.54) is 6.20 Å². The quantitative estimate of drug-likeness (QED) is 0.247. The predicted molar refractivity (Wildman–Crippen MR) is 193 cm³/mol. The second kappa shape index (κ2) is 13.7. The number of amides is 5. The van der Waals surface area contributed by atoms with Crippen molar-refractivity contribution < 1.29 is 28.7 Å². The highest BCUT2D eigenvalue weighted by molar-refractivity contribution is 6.09. The third kappa shape index (κ3) is 6.63. The molecule has 6 heterocycles. The monoisotopic (exact) mass is 718 g/mol. The van der Waals surface area contributed by atoms with Crippen LogP contribution in [0, 0.1) is 6.92 Å². The summed E-state index contributed by atoms with van der Waals surface area (Å²) in [5.41, 5.74) is 6.33. The van der Waals surface area contributed by atoms with Crippen LogP contribution in [-0.4, -0.2) is 96.7 Å². The summed E-state index contributed by atoms with van der Waals surface area (Å²) in [6, 6.07) is 8.99. The number of likely N-dealkylation sites (tertiary alicyclic amines) is 1. The zero-order valence-electron chi connectivity index (χ0n) is 30.1. The van der Waals surface area contributed by atoms with Crippen molar-refractivity contribution >= 4 is 40.9 Å². The Bertz CT molecular complexity index is 2170. The molecule has 8 rings (SSSR count). The first-order valence-electron chi connectivity index (χ1n) is 18.3. The van der Waals surface area contributed by atoms with E-state index in [0.29, 0.717) is 53.3 Å². The zero-order valence-corrected chi connectivity index (χ0v) is 30.1. The fourth-order valence-corrected chi connectivity index (χ4v) is 7.95. The fourth-order valence-electron chi connectivity index (χ4n) is 7.95. The van der Waals surface area contributed by atoms with Gasteiger partial charge in [0.25, 0.3) is 17.7 Å². The largest absolute Gasteiger partial charge is 0.489 e. The van der Waals surface area contributed by atoms with E-state index in [0.717, 1.165) is 61.2 Å². The average Bonchev–Trinajstić information content (AvgIpc) is 3.80. The molecule has 4 aliphatic heterocycles. The Hall–Kier alpha value is -5.63. The van der Waals surface area contributed by atoms with E-state index in [2.05, 4.69) is 31.7 Å². The number of ether oxygens (including phenoxy) is 1. The molecule has 0 bridgehead atoms. The van der Waals surface area contributed by atoms with Crippen molar-refractivity contribution in [3.63, 3.8) is 0 Å². The molecule has 2 aromatic carbocycles. The van der Waals surface area contributed by atoms with E-state index in [1.807, 2.05) is 50.1 Å². The van der Waals surface area contributed by atoms with Gasteiger partial charge in [0.1, 0.15) is 17.4 Å². The summed E-state index contributed by atoms with van der Waals surface area (Å²) in [6.07, 6.45) is 7.92. The van der Waals surface area contributed by atoms with Gasteiger partial charge in [0.05, 0.1) is 18.0 Å². The first-order valence-corrected chi connectivity index (χ1v) is 18.3. The van der Waals surface area contributed by atoms with Crippen molar-refractivity contribution in [2.75, 3.05) is 25.0 Å². The zero-order chi connectivity index (χ0) is 37.0. The molecule has 2 fully saturated rings. The molecule has 2 N–H and O–H groups in total. The number of hydrogen-bond acceptors (Lipinski definition) is 9. The molecule has 4 aliphatic rings. The number of hydrogen-bond donors (Lipinski definition) is 2. The minimum atomic E-state index is -0.623. The number of benzene rings is 2. The van der Waals surface area contributed by atoms with E-state index in [-0.39, 0.29) is 42.2 Å². The lowest BCUT2D eigenvalue weighted by molar-refractivity contribution is -0.136. The molecule has 0 radical (unpaired) electrons. The topological polar surface area (TPSA) is 159 Å². The van der Waals surface area contributed by atoms with Gasteiger partial charge in [-0.2, -0.15) is 5.10 Å². The number of anilines is 1. The van der Waals surface area contributed by atoms with Gasteiger partial charge < -0.3 is 24.8 Å². The Kier molecular flexibility index (Phi) is 8.93. The SMILES string of the molecule is Cc1cnc2c(C(=O)Nc3cc4c(cc3OC(C)C)C(=O)N(C3CCN(CCc5ccc6c(c5)CN(C5CCC(=O)NC5=O)C6=O)CC3)C4)cnn2c1. The number of nitrogens with zero attached hydrogens (tertiary/aromatic N) is 6. The van der Waals surface area contributed by atoms with E-state index < -0.39 is 11.9 Å². The molecule has 2 saturated heterocycles. The summed E-state index contributed by atoms with van der Waals surface area (Å²) < 4.78 is 7.67. The molecule has 1 unspecified atom stereocenters. The van der Waals surface area contributed by atoms with Gasteiger partial charge in [0, 0.05) is 68.7 Å². The number of nitrogens with one attached hydrogen (secondary N) is 2. The molecule has 0 aliphatic carbocycles. The number of carbonyl (C=O) groups is 5. The second-order valence-corrected chi connectivity index (χ2v) is 14.7. The maximum atomic E-state index is 13.8. The summed E-state index contributed by atoms with van der Waals surface area (Å²) in [7, 11) is 0. The molecule has 1 atom stereocenters. The molecule has 2 aromatic heterocycles. The van der Waals surface area contributed by atoms with Crippen molar-refractivity contribution in [1.82, 2.24) is 34.6 Å². The summed E-state index contributed by atoms with van der Waals surface area (Å²) in [6.45, 7) is 9.11. The fraction of sp³-hybridized carbons (Fsp3) is 0.410. The third-order valence-corrected chi connectivity index (χ3v) is 10.7. The van der Waals surface area contributed by atoms with Gasteiger partial charge in [-0.1, -0.05) is 12.1 Å². The van der Waals surface area contributed by atoms with E-state index in [4.69, 9.17) is 4.74 Å². The minimum Gasteiger partial charge on any atom is -0.489 e. The molecular weight excluding hydrogens is 676 g/mol. The summed E-state index contributed by atoms with van der Waals surface area (Å²) >= 11 is 0. The van der Waals surface area contributed by atoms with Crippen LogP contribution < -0.4 is 15.4 Å². The molecule has 14 nitrogen and oxygen atoms in total. The number of fused-ring (bicyclic) bond motifs is 3. The van der Waals surface area contributed by atoms with E-state index in [1.54, 1.807) is 21.7 Å². The lowest BCUT2D eigenvalue weighted by atomic mass is 10.0. The number of carbonyl (C=O) groups excluding carboxylic acids is 5. The molecule has 274 valence electrons. The number of piperidine rings is 2. The van der Waals surface area contributed by atoms with Crippen LogP contribution in [-0.2, 0) is 29.1 Å². The highest BCUT2D eigenvalue weighted by Gasteiger charge is 2.39. The summed E-state index contributed by atoms with van der Waals surface area (Å²) in [5, 5.41) is 9.63. The van der Waals surface area contributed by atoms with Gasteiger partial charge in [-0.3, -0.25) is 29.3 Å². The van der Waals surface area contributed by atoms with Gasteiger partial charge in [-0.25, -0.2) is 9.50 Å². The number of aryl methyl sites for hydroxylation is 1. The number of aromatic nitrogens is 3. The Labute approximate surface area is 306 Å². The Balaban J connectivity index is 0.884. The van der Waals surface area contributed by atoms with Crippen LogP contribution in [0.1, 0.15) is 92.9 Å². The first-order chi connectivity index (χ1) is 25.5. The van der Waals surface area contributed by atoms with Crippen LogP contribution in [0.5, 0.6) is 5.75 Å². The molecule has 4 aromatic rings. The lowest BCUT2D eigenvalue weighted by Crippen LogP contribution is -2.52. The Morgan fingerprint density at radius 2 is 1.72 bits per heavy atom. The molecule has 53 heavy (non-hydrogen) atoms. The van der Waals surface area contributed by atoms with Crippen molar-refractivity contribution in [3.8, 4) is 5.75 Å². The minimum absolute atomic E-state index is 0.0221. The van der Waals surface area contributed by atoms with Crippen LogP contribution in [0.25, 0.3) is 5.65 Å². The van der Waals surface area contributed by atoms with E-state index >= 15 is 0 Å². The molecule has 0 saturated carbocycles. The summed E-state index contributed by atoms with van der Waals surface area (Å²) in [4.78, 5) is 74.7. The first kappa shape index (κ1) is 34.5. The van der Waals surface area contributed by atoms with Gasteiger partial charge in [0.2, 0.25) is 11.8 Å². The summed E-state index contributed by atoms with van der Waals surface area (Å²) in [5.74, 6) is -0.806. The number of imide groups is 1. The predicted octanol–water partition coefficient (Wildman–Crippen LogP) is 3.50. The van der Waals surface area contributed by atoms with Crippen LogP contribution in [0.4, 0.5) is 5.69 Å². The van der Waals surface area contributed by atoms with Crippen LogP contribution >= 0.6 is 0 Å². The van der Waals surface area contributed by atoms with Gasteiger partial charge in [-0.15, -0.1) is 0 Å². The van der Waals surface area contributed by atoms with E-state index in [9.17, 15) is 24.0 Å². The smallest absolute Gasteiger partial charge is 0.261 e. The van der Waals surface area contributed by atoms with Gasteiger partial charge in [-0.05, 0) is 86.9 Å². The molecule has 14 heteroatoms. The van der Waals surface area contributed by atoms with Gasteiger partial charge >= 0.3 is 0 Å². The van der Waals surface area contributed by atoms with Gasteiger partial charge in [0.15, 0.2) is 5.65 Å². The number of rotatable bonds is 9.